The number of hydrogen-bond acceptors (Lipinski definition) is 4. The molecule has 2 rings (SSSR count). The van der Waals surface area contributed by atoms with Crippen molar-refractivity contribution in [2.24, 2.45) is 0 Å². The van der Waals surface area contributed by atoms with Crippen LogP contribution >= 0.6 is 0 Å². The first-order chi connectivity index (χ1) is 8.28. The third-order valence-electron chi connectivity index (χ3n) is 2.88. The predicted octanol–water partition coefficient (Wildman–Crippen LogP) is 1.03. The van der Waals surface area contributed by atoms with Crippen molar-refractivity contribution in [1.82, 2.24) is 15.1 Å². The lowest BCUT2D eigenvalue weighted by atomic mass is 10.1. The highest BCUT2D eigenvalue weighted by molar-refractivity contribution is 5.39. The second-order valence-corrected chi connectivity index (χ2v) is 4.34. The van der Waals surface area contributed by atoms with Crippen molar-refractivity contribution >= 4 is 5.69 Å². The molecule has 4 nitrogen and oxygen atoms in total. The third-order valence-corrected chi connectivity index (χ3v) is 2.88. The summed E-state index contributed by atoms with van der Waals surface area (Å²) in [5.74, 6) is 0. The van der Waals surface area contributed by atoms with Crippen molar-refractivity contribution in [2.45, 2.75) is 6.42 Å². The summed E-state index contributed by atoms with van der Waals surface area (Å²) in [7, 11) is 1.96. The lowest BCUT2D eigenvalue weighted by Gasteiger charge is -2.20. The fraction of sp³-hybridized carbons (Fsp3) is 0.385. The van der Waals surface area contributed by atoms with E-state index in [9.17, 15) is 0 Å². The first kappa shape index (κ1) is 11.8. The van der Waals surface area contributed by atoms with E-state index >= 15 is 0 Å². The van der Waals surface area contributed by atoms with Crippen LogP contribution in [0.4, 0.5) is 5.69 Å². The molecule has 0 atom stereocenters. The molecular formula is C13H20N4. The van der Waals surface area contributed by atoms with E-state index in [1.165, 1.54) is 5.56 Å². The molecule has 0 saturated carbocycles. The number of nitrogens with two attached hydrogens (primary N) is 1. The molecule has 1 aliphatic heterocycles. The predicted molar refractivity (Wildman–Crippen MR) is 71.0 cm³/mol. The van der Waals surface area contributed by atoms with Crippen molar-refractivity contribution in [2.75, 3.05) is 32.7 Å². The van der Waals surface area contributed by atoms with E-state index in [2.05, 4.69) is 39.6 Å². The second-order valence-electron chi connectivity index (χ2n) is 4.34. The van der Waals surface area contributed by atoms with Gasteiger partial charge in [0.15, 0.2) is 0 Å². The van der Waals surface area contributed by atoms with Gasteiger partial charge in [0.25, 0.3) is 0 Å². The number of benzene rings is 1. The van der Waals surface area contributed by atoms with E-state index in [0.29, 0.717) is 0 Å². The Bertz CT molecular complexity index is 372. The van der Waals surface area contributed by atoms with Crippen LogP contribution in [0.2, 0.25) is 0 Å². The normalized spacial score (nSPS) is 14.6. The van der Waals surface area contributed by atoms with Gasteiger partial charge in [-0.3, -0.25) is 0 Å². The third kappa shape index (κ3) is 3.39. The molecule has 3 N–H and O–H groups in total. The fourth-order valence-electron chi connectivity index (χ4n) is 1.92. The SMILES string of the molecule is CNCN1C=CN(CCc2ccc(N)cc2)C1. The highest BCUT2D eigenvalue weighted by Gasteiger charge is 2.10. The summed E-state index contributed by atoms with van der Waals surface area (Å²) in [4.78, 5) is 4.55. The van der Waals surface area contributed by atoms with Crippen molar-refractivity contribution in [3.8, 4) is 0 Å². The molecule has 1 aromatic carbocycles. The average Bonchev–Trinajstić information content (AvgIpc) is 2.77. The molecule has 1 aliphatic rings. The molecule has 92 valence electrons. The van der Waals surface area contributed by atoms with Gasteiger partial charge in [0.05, 0.1) is 13.3 Å². The molecule has 0 bridgehead atoms. The van der Waals surface area contributed by atoms with E-state index in [1.54, 1.807) is 0 Å². The maximum absolute atomic E-state index is 5.66. The molecule has 0 saturated heterocycles. The van der Waals surface area contributed by atoms with E-state index in [-0.39, 0.29) is 0 Å². The Morgan fingerprint density at radius 3 is 2.59 bits per heavy atom. The van der Waals surface area contributed by atoms with Gasteiger partial charge in [-0.2, -0.15) is 0 Å². The molecule has 1 aromatic rings. The van der Waals surface area contributed by atoms with Gasteiger partial charge in [0.2, 0.25) is 0 Å². The first-order valence-corrected chi connectivity index (χ1v) is 5.93. The van der Waals surface area contributed by atoms with Crippen LogP contribution < -0.4 is 11.1 Å². The molecule has 0 amide bonds. The minimum Gasteiger partial charge on any atom is -0.399 e. The number of nitrogen functional groups attached to an aromatic ring is 1. The van der Waals surface area contributed by atoms with Crippen LogP contribution in [0, 0.1) is 0 Å². The maximum Gasteiger partial charge on any atom is 0.0905 e. The zero-order valence-electron chi connectivity index (χ0n) is 10.3. The molecule has 0 aromatic heterocycles. The van der Waals surface area contributed by atoms with Gasteiger partial charge in [-0.1, -0.05) is 12.1 Å². The number of nitrogens with one attached hydrogen (secondary N) is 1. The zero-order valence-corrected chi connectivity index (χ0v) is 10.3. The maximum atomic E-state index is 5.66. The average molecular weight is 232 g/mol. The Morgan fingerprint density at radius 2 is 1.88 bits per heavy atom. The molecule has 0 fully saturated rings. The van der Waals surface area contributed by atoms with Crippen LogP contribution in [-0.4, -0.2) is 36.7 Å². The van der Waals surface area contributed by atoms with Crippen LogP contribution in [-0.2, 0) is 6.42 Å². The van der Waals surface area contributed by atoms with E-state index in [1.807, 2.05) is 19.2 Å². The van der Waals surface area contributed by atoms with Crippen molar-refractivity contribution < 1.29 is 0 Å². The summed E-state index contributed by atoms with van der Waals surface area (Å²) in [6, 6.07) is 8.12. The summed E-state index contributed by atoms with van der Waals surface area (Å²) in [5, 5.41) is 3.14. The van der Waals surface area contributed by atoms with Crippen LogP contribution in [0.25, 0.3) is 0 Å². The van der Waals surface area contributed by atoms with E-state index in [0.717, 1.165) is 32.0 Å². The highest BCUT2D eigenvalue weighted by atomic mass is 15.4. The van der Waals surface area contributed by atoms with Gasteiger partial charge < -0.3 is 20.9 Å². The zero-order chi connectivity index (χ0) is 12.1. The Kier molecular flexibility index (Phi) is 3.88. The highest BCUT2D eigenvalue weighted by Crippen LogP contribution is 2.09. The fourth-order valence-corrected chi connectivity index (χ4v) is 1.92. The summed E-state index contributed by atoms with van der Waals surface area (Å²) >= 11 is 0. The summed E-state index contributed by atoms with van der Waals surface area (Å²) in [6.45, 7) is 2.91. The lowest BCUT2D eigenvalue weighted by molar-refractivity contribution is 0.258. The van der Waals surface area contributed by atoms with Crippen LogP contribution in [0.5, 0.6) is 0 Å². The smallest absolute Gasteiger partial charge is 0.0905 e. The largest absolute Gasteiger partial charge is 0.399 e. The van der Waals surface area contributed by atoms with Crippen LogP contribution in [0.1, 0.15) is 5.56 Å². The molecular weight excluding hydrogens is 212 g/mol. The number of hydrogen-bond donors (Lipinski definition) is 2. The Balaban J connectivity index is 1.76. The van der Waals surface area contributed by atoms with Gasteiger partial charge in [-0.05, 0) is 31.2 Å². The molecule has 0 unspecified atom stereocenters. The Labute approximate surface area is 103 Å². The number of nitrogens with zero attached hydrogens (tertiary/aromatic N) is 2. The quantitative estimate of drug-likeness (QED) is 0.744. The van der Waals surface area contributed by atoms with Gasteiger partial charge in [0.1, 0.15) is 0 Å². The van der Waals surface area contributed by atoms with E-state index in [4.69, 9.17) is 5.73 Å². The van der Waals surface area contributed by atoms with Gasteiger partial charge >= 0.3 is 0 Å². The van der Waals surface area contributed by atoms with E-state index < -0.39 is 0 Å². The van der Waals surface area contributed by atoms with Crippen LogP contribution in [0.15, 0.2) is 36.7 Å². The van der Waals surface area contributed by atoms with Crippen molar-refractivity contribution in [1.29, 1.82) is 0 Å². The Hall–Kier alpha value is -1.68. The van der Waals surface area contributed by atoms with Crippen LogP contribution in [0.3, 0.4) is 0 Å². The standard InChI is InChI=1S/C13H20N4/c1-15-10-17-9-8-16(11-17)7-6-12-2-4-13(14)5-3-12/h2-5,8-9,15H,6-7,10-11,14H2,1H3. The van der Waals surface area contributed by atoms with Gasteiger partial charge in [-0.15, -0.1) is 0 Å². The minimum atomic E-state index is 0.829. The molecule has 1 heterocycles. The van der Waals surface area contributed by atoms with Crippen molar-refractivity contribution in [3.63, 3.8) is 0 Å². The number of anilines is 1. The summed E-state index contributed by atoms with van der Waals surface area (Å²) in [5.41, 5.74) is 7.82. The molecule has 0 aliphatic carbocycles. The van der Waals surface area contributed by atoms with Gasteiger partial charge in [0, 0.05) is 24.6 Å². The number of rotatable bonds is 5. The minimum absolute atomic E-state index is 0.829. The molecule has 17 heavy (non-hydrogen) atoms. The molecule has 0 spiro atoms. The summed E-state index contributed by atoms with van der Waals surface area (Å²) in [6.07, 6.45) is 5.33. The van der Waals surface area contributed by atoms with Gasteiger partial charge in [-0.25, -0.2) is 0 Å². The first-order valence-electron chi connectivity index (χ1n) is 5.93. The summed E-state index contributed by atoms with van der Waals surface area (Å²) < 4.78 is 0. The molecule has 0 radical (unpaired) electrons. The molecule has 4 heteroatoms. The van der Waals surface area contributed by atoms with Crippen molar-refractivity contribution in [3.05, 3.63) is 42.2 Å². The monoisotopic (exact) mass is 232 g/mol. The second kappa shape index (κ2) is 5.59. The Morgan fingerprint density at radius 1 is 1.18 bits per heavy atom. The lowest BCUT2D eigenvalue weighted by Crippen LogP contribution is -2.32. The topological polar surface area (TPSA) is 44.5 Å².